The van der Waals surface area contributed by atoms with Crippen molar-refractivity contribution >= 4 is 5.96 Å². The largest absolute Gasteiger partial charge is 0.356 e. The molecule has 0 bridgehead atoms. The zero-order chi connectivity index (χ0) is 19.6. The molecule has 158 valence electrons. The molecule has 2 N–H and O–H groups in total. The number of hydrogen-bond acceptors (Lipinski definition) is 3. The second-order valence-electron chi connectivity index (χ2n) is 9.02. The van der Waals surface area contributed by atoms with Gasteiger partial charge in [0.15, 0.2) is 5.96 Å². The van der Waals surface area contributed by atoms with E-state index in [1.165, 1.54) is 58.0 Å². The fourth-order valence-corrected chi connectivity index (χ4v) is 4.82. The van der Waals surface area contributed by atoms with Crippen molar-refractivity contribution in [1.82, 2.24) is 20.4 Å². The van der Waals surface area contributed by atoms with Gasteiger partial charge in [-0.05, 0) is 59.8 Å². The first-order valence-electron chi connectivity index (χ1n) is 11.5. The standard InChI is InChI=1S/C22H45N5/c1-18(2)27(19(3)4)15-9-14-24-22(23-5)25-20-12-16-26(17-13-20)21-10-7-6-8-11-21/h18-21H,6-17H2,1-5H3,(H2,23,24,25). The Hall–Kier alpha value is -0.810. The fourth-order valence-electron chi connectivity index (χ4n) is 4.82. The van der Waals surface area contributed by atoms with Gasteiger partial charge in [0, 0.05) is 57.4 Å². The van der Waals surface area contributed by atoms with Gasteiger partial charge in [-0.25, -0.2) is 0 Å². The summed E-state index contributed by atoms with van der Waals surface area (Å²) in [6.07, 6.45) is 10.8. The molecule has 5 nitrogen and oxygen atoms in total. The number of hydrogen-bond donors (Lipinski definition) is 2. The van der Waals surface area contributed by atoms with Crippen molar-refractivity contribution in [1.29, 1.82) is 0 Å². The second kappa shape index (κ2) is 11.9. The quantitative estimate of drug-likeness (QED) is 0.385. The molecule has 0 atom stereocenters. The molecule has 2 fully saturated rings. The van der Waals surface area contributed by atoms with Crippen LogP contribution in [0.1, 0.15) is 79.1 Å². The Balaban J connectivity index is 1.64. The van der Waals surface area contributed by atoms with Crippen LogP contribution in [-0.4, -0.2) is 73.2 Å². The van der Waals surface area contributed by atoms with Gasteiger partial charge in [-0.15, -0.1) is 0 Å². The van der Waals surface area contributed by atoms with Crippen molar-refractivity contribution in [3.05, 3.63) is 0 Å². The van der Waals surface area contributed by atoms with Crippen molar-refractivity contribution in [3.63, 3.8) is 0 Å². The van der Waals surface area contributed by atoms with Gasteiger partial charge in [0.2, 0.25) is 0 Å². The van der Waals surface area contributed by atoms with Crippen LogP contribution in [0.15, 0.2) is 4.99 Å². The number of likely N-dealkylation sites (tertiary alicyclic amines) is 1. The first kappa shape index (κ1) is 22.5. The normalized spacial score (nSPS) is 21.4. The summed E-state index contributed by atoms with van der Waals surface area (Å²) in [5, 5.41) is 7.18. The van der Waals surface area contributed by atoms with E-state index in [0.717, 1.165) is 31.5 Å². The minimum Gasteiger partial charge on any atom is -0.356 e. The van der Waals surface area contributed by atoms with Gasteiger partial charge in [0.1, 0.15) is 0 Å². The van der Waals surface area contributed by atoms with Crippen molar-refractivity contribution in [2.24, 2.45) is 4.99 Å². The minimum atomic E-state index is 0.568. The summed E-state index contributed by atoms with van der Waals surface area (Å²) in [6.45, 7) is 13.8. The lowest BCUT2D eigenvalue weighted by Gasteiger charge is -2.39. The van der Waals surface area contributed by atoms with E-state index in [4.69, 9.17) is 0 Å². The molecule has 0 aromatic heterocycles. The smallest absolute Gasteiger partial charge is 0.191 e. The molecule has 2 aliphatic rings. The van der Waals surface area contributed by atoms with Crippen LogP contribution in [0, 0.1) is 0 Å². The van der Waals surface area contributed by atoms with Gasteiger partial charge in [0.05, 0.1) is 0 Å². The van der Waals surface area contributed by atoms with Gasteiger partial charge in [-0.3, -0.25) is 9.89 Å². The maximum Gasteiger partial charge on any atom is 0.191 e. The lowest BCUT2D eigenvalue weighted by atomic mass is 9.92. The number of nitrogens with zero attached hydrogens (tertiary/aromatic N) is 3. The van der Waals surface area contributed by atoms with Crippen molar-refractivity contribution in [2.75, 3.05) is 33.2 Å². The molecule has 0 radical (unpaired) electrons. The van der Waals surface area contributed by atoms with Crippen LogP contribution in [0.3, 0.4) is 0 Å². The fraction of sp³-hybridized carbons (Fsp3) is 0.955. The zero-order valence-electron chi connectivity index (χ0n) is 18.6. The summed E-state index contributed by atoms with van der Waals surface area (Å²) in [5.41, 5.74) is 0. The third kappa shape index (κ3) is 7.61. The molecule has 27 heavy (non-hydrogen) atoms. The first-order chi connectivity index (χ1) is 13.0. The molecule has 0 unspecified atom stereocenters. The van der Waals surface area contributed by atoms with Crippen molar-refractivity contribution in [3.8, 4) is 0 Å². The molecule has 0 aromatic carbocycles. The van der Waals surface area contributed by atoms with E-state index in [1.807, 2.05) is 7.05 Å². The van der Waals surface area contributed by atoms with E-state index in [9.17, 15) is 0 Å². The van der Waals surface area contributed by atoms with Crippen LogP contribution in [0.5, 0.6) is 0 Å². The third-order valence-corrected chi connectivity index (χ3v) is 6.40. The molecule has 2 rings (SSSR count). The number of guanidine groups is 1. The highest BCUT2D eigenvalue weighted by atomic mass is 15.2. The van der Waals surface area contributed by atoms with E-state index >= 15 is 0 Å². The summed E-state index contributed by atoms with van der Waals surface area (Å²) in [6, 6.07) is 2.65. The lowest BCUT2D eigenvalue weighted by Crippen LogP contribution is -2.51. The first-order valence-corrected chi connectivity index (χ1v) is 11.5. The van der Waals surface area contributed by atoms with Crippen molar-refractivity contribution in [2.45, 2.75) is 103 Å². The van der Waals surface area contributed by atoms with E-state index in [0.29, 0.717) is 18.1 Å². The van der Waals surface area contributed by atoms with Crippen LogP contribution in [-0.2, 0) is 0 Å². The molecule has 1 saturated carbocycles. The number of rotatable bonds is 8. The molecule has 1 aliphatic heterocycles. The highest BCUT2D eigenvalue weighted by Crippen LogP contribution is 2.25. The summed E-state index contributed by atoms with van der Waals surface area (Å²) >= 11 is 0. The van der Waals surface area contributed by atoms with Gasteiger partial charge in [-0.2, -0.15) is 0 Å². The highest BCUT2D eigenvalue weighted by molar-refractivity contribution is 5.79. The van der Waals surface area contributed by atoms with Crippen LogP contribution >= 0.6 is 0 Å². The number of piperidine rings is 1. The van der Waals surface area contributed by atoms with E-state index in [2.05, 4.69) is 53.1 Å². The minimum absolute atomic E-state index is 0.568. The van der Waals surface area contributed by atoms with Gasteiger partial charge in [-0.1, -0.05) is 19.3 Å². The van der Waals surface area contributed by atoms with E-state index in [1.54, 1.807) is 0 Å². The molecule has 1 aliphatic carbocycles. The molecular formula is C22H45N5. The Kier molecular flexibility index (Phi) is 9.91. The molecule has 1 saturated heterocycles. The van der Waals surface area contributed by atoms with Crippen LogP contribution in [0.25, 0.3) is 0 Å². The summed E-state index contributed by atoms with van der Waals surface area (Å²) in [7, 11) is 1.89. The Morgan fingerprint density at radius 1 is 1.00 bits per heavy atom. The van der Waals surface area contributed by atoms with Crippen molar-refractivity contribution < 1.29 is 0 Å². The predicted molar refractivity (Wildman–Crippen MR) is 118 cm³/mol. The molecule has 5 heteroatoms. The van der Waals surface area contributed by atoms with Crippen LogP contribution < -0.4 is 10.6 Å². The maximum atomic E-state index is 4.45. The summed E-state index contributed by atoms with van der Waals surface area (Å²) < 4.78 is 0. The van der Waals surface area contributed by atoms with Gasteiger partial charge in [0.25, 0.3) is 0 Å². The molecular weight excluding hydrogens is 334 g/mol. The Bertz CT molecular complexity index is 412. The SMILES string of the molecule is CN=C(NCCCN(C(C)C)C(C)C)NC1CCN(C2CCCCC2)CC1. The highest BCUT2D eigenvalue weighted by Gasteiger charge is 2.26. The molecule has 0 amide bonds. The second-order valence-corrected chi connectivity index (χ2v) is 9.02. The van der Waals surface area contributed by atoms with E-state index in [-0.39, 0.29) is 0 Å². The van der Waals surface area contributed by atoms with Gasteiger partial charge >= 0.3 is 0 Å². The van der Waals surface area contributed by atoms with Gasteiger partial charge < -0.3 is 15.5 Å². The average molecular weight is 380 g/mol. The summed E-state index contributed by atoms with van der Waals surface area (Å²) in [4.78, 5) is 9.75. The Morgan fingerprint density at radius 2 is 1.63 bits per heavy atom. The number of aliphatic imine (C=N–C) groups is 1. The molecule has 0 aromatic rings. The molecule has 1 heterocycles. The lowest BCUT2D eigenvalue weighted by molar-refractivity contribution is 0.119. The summed E-state index contributed by atoms with van der Waals surface area (Å²) in [5.74, 6) is 0.978. The predicted octanol–water partition coefficient (Wildman–Crippen LogP) is 3.46. The van der Waals surface area contributed by atoms with Crippen LogP contribution in [0.4, 0.5) is 0 Å². The average Bonchev–Trinajstić information content (AvgIpc) is 2.67. The van der Waals surface area contributed by atoms with E-state index < -0.39 is 0 Å². The van der Waals surface area contributed by atoms with Crippen LogP contribution in [0.2, 0.25) is 0 Å². The Morgan fingerprint density at radius 3 is 2.19 bits per heavy atom. The molecule has 0 spiro atoms. The third-order valence-electron chi connectivity index (χ3n) is 6.40. The maximum absolute atomic E-state index is 4.45. The Labute approximate surface area is 168 Å². The monoisotopic (exact) mass is 379 g/mol. The zero-order valence-corrected chi connectivity index (χ0v) is 18.6. The number of nitrogens with one attached hydrogen (secondary N) is 2. The topological polar surface area (TPSA) is 42.9 Å².